The van der Waals surface area contributed by atoms with Crippen molar-refractivity contribution in [3.05, 3.63) is 53.1 Å². The summed E-state index contributed by atoms with van der Waals surface area (Å²) in [5, 5.41) is 19.0. The molecule has 1 heterocycles. The van der Waals surface area contributed by atoms with Gasteiger partial charge in [0.25, 0.3) is 0 Å². The first-order chi connectivity index (χ1) is 13.2. The van der Waals surface area contributed by atoms with Crippen LogP contribution >= 0.6 is 0 Å². The normalized spacial score (nSPS) is 21.9. The number of hydrogen-bond acceptors (Lipinski definition) is 4. The fourth-order valence-electron chi connectivity index (χ4n) is 4.48. The Morgan fingerprint density at radius 3 is 2.48 bits per heavy atom. The van der Waals surface area contributed by atoms with E-state index in [1.54, 1.807) is 0 Å². The van der Waals surface area contributed by atoms with E-state index in [9.17, 15) is 10.5 Å². The van der Waals surface area contributed by atoms with Gasteiger partial charge in [0.2, 0.25) is 0 Å². The van der Waals surface area contributed by atoms with Gasteiger partial charge in [0.15, 0.2) is 0 Å². The first-order valence-corrected chi connectivity index (χ1v) is 9.88. The summed E-state index contributed by atoms with van der Waals surface area (Å²) in [6.07, 6.45) is 7.81. The van der Waals surface area contributed by atoms with E-state index in [1.165, 1.54) is 18.4 Å². The molecular formula is C23H28N4. The van der Waals surface area contributed by atoms with Crippen LogP contribution in [0.25, 0.3) is 5.70 Å². The number of nitriles is 2. The average molecular weight is 361 g/mol. The molecule has 0 spiro atoms. The lowest BCUT2D eigenvalue weighted by Gasteiger charge is -2.47. The van der Waals surface area contributed by atoms with Crippen molar-refractivity contribution in [2.45, 2.75) is 38.1 Å². The number of fused-ring (bicyclic) bond motifs is 1. The Hall–Kier alpha value is -2.56. The molecular weight excluding hydrogens is 332 g/mol. The van der Waals surface area contributed by atoms with Crippen molar-refractivity contribution in [2.24, 2.45) is 5.92 Å². The molecule has 0 radical (unpaired) electrons. The maximum absolute atomic E-state index is 9.52. The lowest BCUT2D eigenvalue weighted by Crippen LogP contribution is -2.45. The molecule has 4 heteroatoms. The van der Waals surface area contributed by atoms with Gasteiger partial charge in [0.1, 0.15) is 17.7 Å². The first-order valence-electron chi connectivity index (χ1n) is 9.88. The van der Waals surface area contributed by atoms with Gasteiger partial charge < -0.3 is 9.80 Å². The van der Waals surface area contributed by atoms with Gasteiger partial charge in [0.05, 0.1) is 0 Å². The molecule has 140 valence electrons. The van der Waals surface area contributed by atoms with Crippen LogP contribution in [0.15, 0.2) is 47.6 Å². The third-order valence-corrected chi connectivity index (χ3v) is 5.72. The van der Waals surface area contributed by atoms with Crippen molar-refractivity contribution >= 4 is 5.70 Å². The molecule has 0 unspecified atom stereocenters. The summed E-state index contributed by atoms with van der Waals surface area (Å²) in [5.74, 6) is 0.292. The monoisotopic (exact) mass is 360 g/mol. The number of hydrogen-bond donors (Lipinski definition) is 0. The van der Waals surface area contributed by atoms with Crippen molar-refractivity contribution in [2.75, 3.05) is 27.2 Å². The Bertz CT molecular complexity index is 776. The predicted octanol–water partition coefficient (Wildman–Crippen LogP) is 4.20. The Kier molecular flexibility index (Phi) is 6.32. The van der Waals surface area contributed by atoms with Crippen LogP contribution in [-0.4, -0.2) is 43.0 Å². The van der Waals surface area contributed by atoms with E-state index in [2.05, 4.69) is 66.4 Å². The summed E-state index contributed by atoms with van der Waals surface area (Å²) in [6, 6.07) is 15.1. The molecule has 0 bridgehead atoms. The van der Waals surface area contributed by atoms with Crippen molar-refractivity contribution in [1.29, 1.82) is 10.5 Å². The highest BCUT2D eigenvalue weighted by atomic mass is 15.2. The molecule has 1 aromatic rings. The summed E-state index contributed by atoms with van der Waals surface area (Å²) in [4.78, 5) is 4.78. The van der Waals surface area contributed by atoms with Gasteiger partial charge in [-0.05, 0) is 57.1 Å². The van der Waals surface area contributed by atoms with Crippen molar-refractivity contribution in [1.82, 2.24) is 9.80 Å². The van der Waals surface area contributed by atoms with E-state index in [0.29, 0.717) is 12.0 Å². The summed E-state index contributed by atoms with van der Waals surface area (Å²) in [6.45, 7) is 2.06. The highest BCUT2D eigenvalue weighted by molar-refractivity contribution is 5.70. The number of nitrogens with zero attached hydrogens (tertiary/aromatic N) is 4. The lowest BCUT2D eigenvalue weighted by molar-refractivity contribution is 0.169. The van der Waals surface area contributed by atoms with Crippen LogP contribution in [-0.2, 0) is 0 Å². The first kappa shape index (κ1) is 19.2. The molecule has 4 nitrogen and oxygen atoms in total. The summed E-state index contributed by atoms with van der Waals surface area (Å²) >= 11 is 0. The van der Waals surface area contributed by atoms with Gasteiger partial charge in [-0.3, -0.25) is 0 Å². The second-order valence-corrected chi connectivity index (χ2v) is 7.76. The molecule has 0 amide bonds. The van der Waals surface area contributed by atoms with E-state index in [4.69, 9.17) is 0 Å². The molecule has 0 N–H and O–H groups in total. The van der Waals surface area contributed by atoms with Crippen LogP contribution < -0.4 is 0 Å². The molecule has 3 rings (SSSR count). The highest BCUT2D eigenvalue weighted by Crippen LogP contribution is 2.43. The van der Waals surface area contributed by atoms with E-state index < -0.39 is 0 Å². The molecule has 1 aromatic carbocycles. The second kappa shape index (κ2) is 8.89. The summed E-state index contributed by atoms with van der Waals surface area (Å²) in [5.41, 5.74) is 3.57. The quantitative estimate of drug-likeness (QED) is 0.739. The SMILES string of the molecule is CN(C)CCCN1C(c2ccccc2)=CC(=C(C#N)C#N)[C@H]2CCCC[C@@H]21. The van der Waals surface area contributed by atoms with Crippen molar-refractivity contribution < 1.29 is 0 Å². The molecule has 0 aromatic heterocycles. The molecule has 2 atom stereocenters. The Balaban J connectivity index is 2.06. The standard InChI is InChI=1S/C23H28N4/c1-26(2)13-8-14-27-22-12-7-6-11-20(22)21(19(16-24)17-25)15-23(27)18-9-4-3-5-10-18/h3-5,9-10,15,20,22H,6-8,11-14H2,1-2H3/t20-,22+/m1/s1. The van der Waals surface area contributed by atoms with Gasteiger partial charge in [-0.1, -0.05) is 43.2 Å². The number of rotatable bonds is 5. The van der Waals surface area contributed by atoms with Gasteiger partial charge >= 0.3 is 0 Å². The fraction of sp³-hybridized carbons (Fsp3) is 0.478. The summed E-state index contributed by atoms with van der Waals surface area (Å²) < 4.78 is 0. The van der Waals surface area contributed by atoms with E-state index in [1.807, 2.05) is 6.07 Å². The van der Waals surface area contributed by atoms with Crippen molar-refractivity contribution in [3.8, 4) is 12.1 Å². The molecule has 1 aliphatic heterocycles. The van der Waals surface area contributed by atoms with E-state index in [0.717, 1.165) is 43.6 Å². The zero-order valence-corrected chi connectivity index (χ0v) is 16.4. The van der Waals surface area contributed by atoms with Crippen LogP contribution in [0.1, 0.15) is 37.7 Å². The van der Waals surface area contributed by atoms with Crippen LogP contribution in [0.5, 0.6) is 0 Å². The van der Waals surface area contributed by atoms with Crippen LogP contribution in [0.4, 0.5) is 0 Å². The van der Waals surface area contributed by atoms with Crippen LogP contribution in [0.3, 0.4) is 0 Å². The zero-order valence-electron chi connectivity index (χ0n) is 16.4. The van der Waals surface area contributed by atoms with Gasteiger partial charge in [-0.2, -0.15) is 10.5 Å². The predicted molar refractivity (Wildman–Crippen MR) is 108 cm³/mol. The molecule has 1 saturated carbocycles. The van der Waals surface area contributed by atoms with E-state index >= 15 is 0 Å². The third kappa shape index (κ3) is 4.24. The summed E-state index contributed by atoms with van der Waals surface area (Å²) in [7, 11) is 4.22. The second-order valence-electron chi connectivity index (χ2n) is 7.76. The average Bonchev–Trinajstić information content (AvgIpc) is 2.70. The van der Waals surface area contributed by atoms with E-state index in [-0.39, 0.29) is 5.57 Å². The fourth-order valence-corrected chi connectivity index (χ4v) is 4.48. The van der Waals surface area contributed by atoms with Gasteiger partial charge in [0, 0.05) is 24.2 Å². The van der Waals surface area contributed by atoms with Gasteiger partial charge in [-0.25, -0.2) is 0 Å². The minimum Gasteiger partial charge on any atom is -0.367 e. The minimum atomic E-state index is 0.285. The maximum atomic E-state index is 9.52. The molecule has 27 heavy (non-hydrogen) atoms. The molecule has 1 fully saturated rings. The molecule has 1 aliphatic carbocycles. The molecule has 2 aliphatic rings. The zero-order chi connectivity index (χ0) is 19.2. The topological polar surface area (TPSA) is 54.1 Å². The third-order valence-electron chi connectivity index (χ3n) is 5.72. The Morgan fingerprint density at radius 1 is 1.11 bits per heavy atom. The Morgan fingerprint density at radius 2 is 1.81 bits per heavy atom. The number of allylic oxidation sites excluding steroid dienone is 2. The largest absolute Gasteiger partial charge is 0.367 e. The minimum absolute atomic E-state index is 0.285. The van der Waals surface area contributed by atoms with Crippen LogP contribution in [0.2, 0.25) is 0 Å². The number of benzene rings is 1. The van der Waals surface area contributed by atoms with Crippen molar-refractivity contribution in [3.63, 3.8) is 0 Å². The highest BCUT2D eigenvalue weighted by Gasteiger charge is 2.38. The van der Waals surface area contributed by atoms with Gasteiger partial charge in [-0.15, -0.1) is 0 Å². The van der Waals surface area contributed by atoms with Crippen LogP contribution in [0, 0.1) is 28.6 Å². The Labute approximate surface area is 163 Å². The smallest absolute Gasteiger partial charge is 0.133 e. The molecule has 0 saturated heterocycles. The lowest BCUT2D eigenvalue weighted by atomic mass is 9.74. The maximum Gasteiger partial charge on any atom is 0.133 e.